The molecule has 2 aromatic rings. The van der Waals surface area contributed by atoms with E-state index in [0.29, 0.717) is 16.8 Å². The van der Waals surface area contributed by atoms with Gasteiger partial charge in [-0.15, -0.1) is 11.8 Å². The fourth-order valence-corrected chi connectivity index (χ4v) is 3.33. The summed E-state index contributed by atoms with van der Waals surface area (Å²) in [6, 6.07) is 7.74. The molecule has 0 atom stereocenters. The lowest BCUT2D eigenvalue weighted by Crippen LogP contribution is -2.03. The Labute approximate surface area is 133 Å². The molecule has 0 amide bonds. The van der Waals surface area contributed by atoms with Crippen molar-refractivity contribution in [2.45, 2.75) is 37.3 Å². The Morgan fingerprint density at radius 2 is 1.75 bits per heavy atom. The Balaban J connectivity index is 2.12. The van der Waals surface area contributed by atoms with Gasteiger partial charge in [-0.05, 0) is 37.1 Å². The molecule has 0 aliphatic heterocycles. The smallest absolute Gasteiger partial charge is 0.140 e. The number of rotatable bonds is 4. The number of thioether (sulfide) groups is 1. The fourth-order valence-electron chi connectivity index (χ4n) is 2.00. The molecule has 0 spiro atoms. The van der Waals surface area contributed by atoms with Gasteiger partial charge in [-0.3, -0.25) is 0 Å². The summed E-state index contributed by atoms with van der Waals surface area (Å²) >= 11 is 13.8. The number of nitrogens with zero attached hydrogens (tertiary/aromatic N) is 2. The van der Waals surface area contributed by atoms with Crippen molar-refractivity contribution < 1.29 is 0 Å². The number of halogens is 2. The van der Waals surface area contributed by atoms with E-state index >= 15 is 0 Å². The lowest BCUT2D eigenvalue weighted by molar-refractivity contribution is 0.817. The fraction of sp³-hybridized carbons (Fsp3) is 0.333. The molecule has 1 heterocycles. The molecule has 0 fully saturated rings. The van der Waals surface area contributed by atoms with Gasteiger partial charge in [0, 0.05) is 21.2 Å². The van der Waals surface area contributed by atoms with Crippen molar-refractivity contribution in [3.8, 4) is 0 Å². The van der Waals surface area contributed by atoms with Crippen LogP contribution in [0.25, 0.3) is 0 Å². The molecule has 0 unspecified atom stereocenters. The highest BCUT2D eigenvalue weighted by molar-refractivity contribution is 7.98. The van der Waals surface area contributed by atoms with Gasteiger partial charge in [-0.2, -0.15) is 0 Å². The van der Waals surface area contributed by atoms with E-state index in [0.717, 1.165) is 27.0 Å². The normalized spacial score (nSPS) is 11.1. The molecule has 1 aromatic heterocycles. The minimum Gasteiger partial charge on any atom is -0.237 e. The zero-order valence-electron chi connectivity index (χ0n) is 11.7. The van der Waals surface area contributed by atoms with Crippen molar-refractivity contribution in [1.29, 1.82) is 0 Å². The summed E-state index contributed by atoms with van der Waals surface area (Å²) in [5.74, 6) is 1.79. The van der Waals surface area contributed by atoms with Crippen LogP contribution in [-0.2, 0) is 5.75 Å². The average molecular weight is 327 g/mol. The first-order valence-corrected chi connectivity index (χ1v) is 8.13. The summed E-state index contributed by atoms with van der Waals surface area (Å²) in [5.41, 5.74) is 2.00. The number of benzene rings is 1. The molecule has 1 aromatic carbocycles. The third-order valence-corrected chi connectivity index (χ3v) is 4.44. The number of hydrogen-bond donors (Lipinski definition) is 0. The first-order chi connectivity index (χ1) is 9.47. The highest BCUT2D eigenvalue weighted by Gasteiger charge is 2.13. The molecule has 2 rings (SSSR count). The summed E-state index contributed by atoms with van der Waals surface area (Å²) in [7, 11) is 0. The Morgan fingerprint density at radius 3 is 2.30 bits per heavy atom. The van der Waals surface area contributed by atoms with E-state index in [4.69, 9.17) is 23.2 Å². The van der Waals surface area contributed by atoms with Gasteiger partial charge in [-0.1, -0.05) is 37.0 Å². The minimum atomic E-state index is 0.334. The van der Waals surface area contributed by atoms with E-state index in [9.17, 15) is 0 Å². The largest absolute Gasteiger partial charge is 0.237 e. The SMILES string of the molecule is Cc1nc(CSc2ccc(Cl)cc2)nc(Cl)c1C(C)C. The zero-order chi connectivity index (χ0) is 14.7. The van der Waals surface area contributed by atoms with Gasteiger partial charge < -0.3 is 0 Å². The van der Waals surface area contributed by atoms with Crippen molar-refractivity contribution >= 4 is 35.0 Å². The van der Waals surface area contributed by atoms with E-state index in [1.807, 2.05) is 31.2 Å². The predicted octanol–water partition coefficient (Wildman–Crippen LogP) is 5.51. The van der Waals surface area contributed by atoms with E-state index in [2.05, 4.69) is 23.8 Å². The average Bonchev–Trinajstić information content (AvgIpc) is 2.37. The topological polar surface area (TPSA) is 25.8 Å². The number of hydrogen-bond acceptors (Lipinski definition) is 3. The first-order valence-electron chi connectivity index (χ1n) is 6.38. The highest BCUT2D eigenvalue weighted by Crippen LogP contribution is 2.27. The van der Waals surface area contributed by atoms with E-state index < -0.39 is 0 Å². The number of aryl methyl sites for hydroxylation is 1. The molecule has 0 aliphatic rings. The molecule has 106 valence electrons. The Hall–Kier alpha value is -0.770. The molecular weight excluding hydrogens is 311 g/mol. The summed E-state index contributed by atoms with van der Waals surface area (Å²) in [6.45, 7) is 6.18. The zero-order valence-corrected chi connectivity index (χ0v) is 14.0. The molecule has 2 nitrogen and oxygen atoms in total. The molecule has 0 saturated carbocycles. The van der Waals surface area contributed by atoms with Crippen molar-refractivity contribution in [2.75, 3.05) is 0 Å². The van der Waals surface area contributed by atoms with Gasteiger partial charge in [0.2, 0.25) is 0 Å². The molecule has 0 saturated heterocycles. The maximum Gasteiger partial charge on any atom is 0.140 e. The quantitative estimate of drug-likeness (QED) is 0.547. The van der Waals surface area contributed by atoms with Gasteiger partial charge in [0.25, 0.3) is 0 Å². The molecule has 0 bridgehead atoms. The monoisotopic (exact) mass is 326 g/mol. The van der Waals surface area contributed by atoms with Crippen molar-refractivity contribution in [1.82, 2.24) is 9.97 Å². The molecule has 5 heteroatoms. The van der Waals surface area contributed by atoms with Crippen LogP contribution in [0.5, 0.6) is 0 Å². The Bertz CT molecular complexity index is 574. The standard InChI is InChI=1S/C15H16Cl2N2S/c1-9(2)14-10(3)18-13(19-15(14)17)8-20-12-6-4-11(16)5-7-12/h4-7,9H,8H2,1-3H3. The van der Waals surface area contributed by atoms with Crippen LogP contribution in [0.4, 0.5) is 0 Å². The lowest BCUT2D eigenvalue weighted by Gasteiger charge is -2.12. The van der Waals surface area contributed by atoms with E-state index in [1.165, 1.54) is 0 Å². The maximum absolute atomic E-state index is 6.25. The summed E-state index contributed by atoms with van der Waals surface area (Å²) < 4.78 is 0. The molecule has 0 radical (unpaired) electrons. The van der Waals surface area contributed by atoms with Crippen LogP contribution in [0.3, 0.4) is 0 Å². The molecule has 20 heavy (non-hydrogen) atoms. The van der Waals surface area contributed by atoms with Gasteiger partial charge in [-0.25, -0.2) is 9.97 Å². The third kappa shape index (κ3) is 3.87. The molecule has 0 aliphatic carbocycles. The summed E-state index contributed by atoms with van der Waals surface area (Å²) in [6.07, 6.45) is 0. The molecular formula is C15H16Cl2N2S. The second-order valence-electron chi connectivity index (χ2n) is 4.83. The summed E-state index contributed by atoms with van der Waals surface area (Å²) in [4.78, 5) is 10.1. The first kappa shape index (κ1) is 15.6. The minimum absolute atomic E-state index is 0.334. The second-order valence-corrected chi connectivity index (χ2v) is 6.67. The van der Waals surface area contributed by atoms with Crippen LogP contribution in [0.2, 0.25) is 10.2 Å². The van der Waals surface area contributed by atoms with E-state index in [1.54, 1.807) is 11.8 Å². The van der Waals surface area contributed by atoms with Crippen molar-refractivity contribution in [3.63, 3.8) is 0 Å². The Morgan fingerprint density at radius 1 is 1.10 bits per heavy atom. The van der Waals surface area contributed by atoms with Crippen LogP contribution < -0.4 is 0 Å². The van der Waals surface area contributed by atoms with Gasteiger partial charge in [0.05, 0.1) is 5.75 Å². The lowest BCUT2D eigenvalue weighted by atomic mass is 10.0. The third-order valence-electron chi connectivity index (χ3n) is 2.89. The van der Waals surface area contributed by atoms with Crippen LogP contribution in [0.15, 0.2) is 29.2 Å². The van der Waals surface area contributed by atoms with Gasteiger partial charge in [0.15, 0.2) is 0 Å². The van der Waals surface area contributed by atoms with E-state index in [-0.39, 0.29) is 0 Å². The van der Waals surface area contributed by atoms with Crippen molar-refractivity contribution in [2.24, 2.45) is 0 Å². The van der Waals surface area contributed by atoms with Crippen LogP contribution in [-0.4, -0.2) is 9.97 Å². The highest BCUT2D eigenvalue weighted by atomic mass is 35.5. The molecule has 0 N–H and O–H groups in total. The summed E-state index contributed by atoms with van der Waals surface area (Å²) in [5, 5.41) is 1.31. The van der Waals surface area contributed by atoms with Crippen LogP contribution >= 0.6 is 35.0 Å². The van der Waals surface area contributed by atoms with Crippen molar-refractivity contribution in [3.05, 3.63) is 51.5 Å². The van der Waals surface area contributed by atoms with Crippen LogP contribution in [0, 0.1) is 6.92 Å². The maximum atomic E-state index is 6.25. The van der Waals surface area contributed by atoms with Gasteiger partial charge >= 0.3 is 0 Å². The Kier molecular flexibility index (Phi) is 5.30. The van der Waals surface area contributed by atoms with Crippen LogP contribution in [0.1, 0.15) is 36.8 Å². The van der Waals surface area contributed by atoms with Gasteiger partial charge in [0.1, 0.15) is 11.0 Å². The number of aromatic nitrogens is 2. The second kappa shape index (κ2) is 6.79. The predicted molar refractivity (Wildman–Crippen MR) is 86.9 cm³/mol.